The smallest absolute Gasteiger partial charge is 0.0917 e. The quantitative estimate of drug-likeness (QED) is 0.611. The lowest BCUT2D eigenvalue weighted by Crippen LogP contribution is -2.02. The molecule has 0 aromatic carbocycles. The second kappa shape index (κ2) is 4.37. The number of rotatable bonds is 2. The van der Waals surface area contributed by atoms with Crippen molar-refractivity contribution in [2.45, 2.75) is 20.4 Å². The maximum absolute atomic E-state index is 4.45. The third kappa shape index (κ3) is 1.96. The second-order valence-corrected chi connectivity index (χ2v) is 5.23. The summed E-state index contributed by atoms with van der Waals surface area (Å²) in [6.07, 6.45) is 5.50. The Bertz CT molecular complexity index is 871. The zero-order valence-corrected chi connectivity index (χ0v) is 11.8. The largest absolute Gasteiger partial charge is 0.276 e. The number of H-pyrrole nitrogens is 1. The molecular formula is C15H14N6. The summed E-state index contributed by atoms with van der Waals surface area (Å²) >= 11 is 0. The van der Waals surface area contributed by atoms with E-state index in [9.17, 15) is 0 Å². The summed E-state index contributed by atoms with van der Waals surface area (Å²) in [5.74, 6) is 0. The molecule has 0 spiro atoms. The first-order chi connectivity index (χ1) is 10.2. The summed E-state index contributed by atoms with van der Waals surface area (Å²) in [4.78, 5) is 8.57. The molecule has 0 aliphatic heterocycles. The van der Waals surface area contributed by atoms with Crippen LogP contribution in [-0.2, 0) is 6.54 Å². The molecule has 6 nitrogen and oxygen atoms in total. The highest BCUT2D eigenvalue weighted by Crippen LogP contribution is 2.19. The number of aromatic nitrogens is 6. The van der Waals surface area contributed by atoms with Gasteiger partial charge in [-0.2, -0.15) is 10.2 Å². The van der Waals surface area contributed by atoms with Gasteiger partial charge in [0.15, 0.2) is 0 Å². The van der Waals surface area contributed by atoms with Gasteiger partial charge in [-0.15, -0.1) is 0 Å². The average Bonchev–Trinajstić information content (AvgIpc) is 3.04. The standard InChI is InChI=1S/C15H14N6/c1-9-3-12-13(7-17-9)19-20-14(12)8-21-15-4-10(2)16-5-11(15)6-18-21/h3-7H,8H2,1-2H3,(H,19,20). The van der Waals surface area contributed by atoms with Gasteiger partial charge in [-0.25, -0.2) is 0 Å². The SMILES string of the molecule is Cc1cc2c(Cn3ncc4cnc(C)cc43)n[nH]c2cn1. The normalized spacial score (nSPS) is 11.5. The summed E-state index contributed by atoms with van der Waals surface area (Å²) in [5.41, 5.74) is 4.95. The molecule has 1 N–H and O–H groups in total. The van der Waals surface area contributed by atoms with Crippen molar-refractivity contribution in [3.05, 3.63) is 47.8 Å². The fourth-order valence-corrected chi connectivity index (χ4v) is 2.54. The number of nitrogens with zero attached hydrogens (tertiary/aromatic N) is 5. The first-order valence-electron chi connectivity index (χ1n) is 6.78. The van der Waals surface area contributed by atoms with Gasteiger partial charge < -0.3 is 0 Å². The zero-order valence-electron chi connectivity index (χ0n) is 11.8. The van der Waals surface area contributed by atoms with E-state index < -0.39 is 0 Å². The number of aromatic amines is 1. The topological polar surface area (TPSA) is 72.3 Å². The Morgan fingerprint density at radius 1 is 1.05 bits per heavy atom. The molecule has 0 aliphatic carbocycles. The van der Waals surface area contributed by atoms with Crippen molar-refractivity contribution in [2.75, 3.05) is 0 Å². The van der Waals surface area contributed by atoms with Crippen molar-refractivity contribution in [1.29, 1.82) is 0 Å². The van der Waals surface area contributed by atoms with Crippen molar-refractivity contribution >= 4 is 21.8 Å². The molecular weight excluding hydrogens is 264 g/mol. The summed E-state index contributed by atoms with van der Waals surface area (Å²) < 4.78 is 1.95. The molecule has 0 unspecified atom stereocenters. The minimum absolute atomic E-state index is 0.621. The number of hydrogen-bond acceptors (Lipinski definition) is 4. The molecule has 0 atom stereocenters. The zero-order chi connectivity index (χ0) is 14.4. The van der Waals surface area contributed by atoms with Gasteiger partial charge in [0.05, 0.1) is 35.7 Å². The highest BCUT2D eigenvalue weighted by molar-refractivity contribution is 5.81. The third-order valence-corrected chi connectivity index (χ3v) is 3.63. The second-order valence-electron chi connectivity index (χ2n) is 5.23. The van der Waals surface area contributed by atoms with Crippen LogP contribution < -0.4 is 0 Å². The van der Waals surface area contributed by atoms with E-state index in [1.54, 1.807) is 0 Å². The predicted molar refractivity (Wildman–Crippen MR) is 80.0 cm³/mol. The summed E-state index contributed by atoms with van der Waals surface area (Å²) in [6, 6.07) is 4.09. The lowest BCUT2D eigenvalue weighted by atomic mass is 10.2. The fraction of sp³-hybridized carbons (Fsp3) is 0.200. The number of aryl methyl sites for hydroxylation is 2. The van der Waals surface area contributed by atoms with Crippen LogP contribution in [-0.4, -0.2) is 29.9 Å². The number of fused-ring (bicyclic) bond motifs is 2. The minimum Gasteiger partial charge on any atom is -0.276 e. The number of pyridine rings is 2. The van der Waals surface area contributed by atoms with Crippen molar-refractivity contribution < 1.29 is 0 Å². The predicted octanol–water partition coefficient (Wildman–Crippen LogP) is 2.37. The van der Waals surface area contributed by atoms with Crippen LogP contribution in [0.15, 0.2) is 30.7 Å². The Labute approximate surface area is 120 Å². The van der Waals surface area contributed by atoms with Crippen molar-refractivity contribution in [3.8, 4) is 0 Å². The molecule has 21 heavy (non-hydrogen) atoms. The van der Waals surface area contributed by atoms with Crippen LogP contribution in [0, 0.1) is 13.8 Å². The molecule has 104 valence electrons. The van der Waals surface area contributed by atoms with E-state index in [1.807, 2.05) is 49.3 Å². The van der Waals surface area contributed by atoms with Gasteiger partial charge >= 0.3 is 0 Å². The number of nitrogens with one attached hydrogen (secondary N) is 1. The van der Waals surface area contributed by atoms with E-state index in [4.69, 9.17) is 0 Å². The van der Waals surface area contributed by atoms with Crippen LogP contribution in [0.4, 0.5) is 0 Å². The monoisotopic (exact) mass is 278 g/mol. The fourth-order valence-electron chi connectivity index (χ4n) is 2.54. The van der Waals surface area contributed by atoms with Crippen LogP contribution in [0.2, 0.25) is 0 Å². The molecule has 0 bridgehead atoms. The van der Waals surface area contributed by atoms with Crippen LogP contribution >= 0.6 is 0 Å². The highest BCUT2D eigenvalue weighted by atomic mass is 15.3. The van der Waals surface area contributed by atoms with Gasteiger partial charge in [0.2, 0.25) is 0 Å². The Kier molecular flexibility index (Phi) is 2.50. The van der Waals surface area contributed by atoms with Gasteiger partial charge in [-0.3, -0.25) is 19.7 Å². The van der Waals surface area contributed by atoms with E-state index in [2.05, 4.69) is 25.3 Å². The van der Waals surface area contributed by atoms with Crippen LogP contribution in [0.5, 0.6) is 0 Å². The van der Waals surface area contributed by atoms with E-state index in [0.29, 0.717) is 6.54 Å². The molecule has 0 fully saturated rings. The summed E-state index contributed by atoms with van der Waals surface area (Å²) in [5, 5.41) is 14.0. The molecule has 0 amide bonds. The van der Waals surface area contributed by atoms with E-state index in [0.717, 1.165) is 38.9 Å². The molecule has 4 aromatic rings. The molecule has 0 radical (unpaired) electrons. The summed E-state index contributed by atoms with van der Waals surface area (Å²) in [6.45, 7) is 4.58. The molecule has 6 heteroatoms. The van der Waals surface area contributed by atoms with Gasteiger partial charge in [0, 0.05) is 28.4 Å². The Hall–Kier alpha value is -2.76. The molecule has 4 aromatic heterocycles. The van der Waals surface area contributed by atoms with Gasteiger partial charge in [0.1, 0.15) is 0 Å². The van der Waals surface area contributed by atoms with Crippen LogP contribution in [0.3, 0.4) is 0 Å². The first kappa shape index (κ1) is 12.0. The van der Waals surface area contributed by atoms with Crippen LogP contribution in [0.25, 0.3) is 21.8 Å². The molecule has 0 aliphatic rings. The molecule has 0 saturated heterocycles. The molecule has 0 saturated carbocycles. The van der Waals surface area contributed by atoms with E-state index >= 15 is 0 Å². The lowest BCUT2D eigenvalue weighted by Gasteiger charge is -2.02. The lowest BCUT2D eigenvalue weighted by molar-refractivity contribution is 0.696. The summed E-state index contributed by atoms with van der Waals surface area (Å²) in [7, 11) is 0. The number of hydrogen-bond donors (Lipinski definition) is 1. The Balaban J connectivity index is 1.82. The van der Waals surface area contributed by atoms with Gasteiger partial charge in [0.25, 0.3) is 0 Å². The maximum Gasteiger partial charge on any atom is 0.0917 e. The Morgan fingerprint density at radius 2 is 1.86 bits per heavy atom. The van der Waals surface area contributed by atoms with Gasteiger partial charge in [-0.1, -0.05) is 0 Å². The maximum atomic E-state index is 4.45. The molecule has 4 rings (SSSR count). The van der Waals surface area contributed by atoms with Crippen molar-refractivity contribution in [1.82, 2.24) is 29.9 Å². The van der Waals surface area contributed by atoms with Gasteiger partial charge in [-0.05, 0) is 26.0 Å². The van der Waals surface area contributed by atoms with E-state index in [1.165, 1.54) is 0 Å². The highest BCUT2D eigenvalue weighted by Gasteiger charge is 2.10. The minimum atomic E-state index is 0.621. The third-order valence-electron chi connectivity index (χ3n) is 3.63. The van der Waals surface area contributed by atoms with E-state index in [-0.39, 0.29) is 0 Å². The molecule has 4 heterocycles. The average molecular weight is 278 g/mol. The van der Waals surface area contributed by atoms with Crippen molar-refractivity contribution in [3.63, 3.8) is 0 Å². The van der Waals surface area contributed by atoms with Crippen LogP contribution in [0.1, 0.15) is 17.1 Å². The van der Waals surface area contributed by atoms with Crippen molar-refractivity contribution in [2.24, 2.45) is 0 Å². The Morgan fingerprint density at radius 3 is 2.76 bits per heavy atom. The first-order valence-corrected chi connectivity index (χ1v) is 6.78.